The lowest BCUT2D eigenvalue weighted by atomic mass is 9.63. The van der Waals surface area contributed by atoms with Crippen LogP contribution in [0.2, 0.25) is 0 Å². The average molecular weight is 1770 g/mol. The van der Waals surface area contributed by atoms with E-state index in [9.17, 15) is 5.11 Å². The number of rotatable bonds is 48. The maximum atomic E-state index is 16.7. The minimum Gasteiger partial charge on any atom is -0.369 e. The van der Waals surface area contributed by atoms with E-state index >= 15 is 4.79 Å². The van der Waals surface area contributed by atoms with E-state index in [0.717, 1.165) is 73.9 Å². The number of hydrogen-bond acceptors (Lipinski definition) is 7. The van der Waals surface area contributed by atoms with Gasteiger partial charge in [0.2, 0.25) is 0 Å². The molecule has 1 amide bonds. The van der Waals surface area contributed by atoms with Crippen LogP contribution in [0.25, 0.3) is 65.3 Å². The van der Waals surface area contributed by atoms with Crippen molar-refractivity contribution in [1.29, 1.82) is 0 Å². The molecule has 0 saturated carbocycles. The fourth-order valence-corrected chi connectivity index (χ4v) is 31.3. The number of carbonyl (C=O) groups is 1. The molecule has 8 heterocycles. The molecule has 4 aliphatic carbocycles. The Morgan fingerprint density at radius 2 is 0.621 bits per heavy atom. The van der Waals surface area contributed by atoms with Crippen molar-refractivity contribution in [2.75, 3.05) is 0 Å². The lowest BCUT2D eigenvalue weighted by molar-refractivity contribution is -0.121. The molecule has 0 spiro atoms. The summed E-state index contributed by atoms with van der Waals surface area (Å²) in [7, 11) is 0. The first-order valence-electron chi connectivity index (χ1n) is 48.4. The highest BCUT2D eigenvalue weighted by Gasteiger charge is 2.59. The van der Waals surface area contributed by atoms with Gasteiger partial charge in [0.25, 0.3) is 5.91 Å². The van der Waals surface area contributed by atoms with Gasteiger partial charge in [-0.3, -0.25) is 9.69 Å². The fourth-order valence-electron chi connectivity index (χ4n) is 24.9. The van der Waals surface area contributed by atoms with E-state index in [0.29, 0.717) is 47.3 Å². The number of unbranched alkanes of at least 4 members (excludes halogenated alkanes) is 8. The highest BCUT2D eigenvalue weighted by molar-refractivity contribution is 9.11. The first-order chi connectivity index (χ1) is 56.4. The molecule has 4 aliphatic heterocycles. The standard InChI is InChI=1S/C106H148Br2N2O2S4/c1-17-33-41-67(25-9)59-103(60-68(26-10)42-34-18-2)81-55-79-83(53-77(81)95-85(103)57-87(107)113-95)105(63-71(29-13)45-37-21-5,64-72(30-14)46-38-22-6)91-75-49-51-109-93(99(75)115-97(79)91)89-90(102(109)112)94-100-76(50-52-110(94)101(89)111)92-98(116-100)80-56-82-78(54-84(80)106(92,65-73(31-15)47-39-23-7)66-74(32-16)48-40-24-8)96-86(58-88(108)114-96)104(82,61-69(27-11)43-35-19-3)62-70(28-12)44-36-20-4/h49-58,67-74,101,111H,17-48,59-66H2,1-16H3. The van der Waals surface area contributed by atoms with E-state index in [1.54, 1.807) is 44.5 Å². The van der Waals surface area contributed by atoms with Crippen LogP contribution in [0.3, 0.4) is 0 Å². The van der Waals surface area contributed by atoms with Gasteiger partial charge in [-0.15, -0.1) is 45.3 Å². The quantitative estimate of drug-likeness (QED) is 0.0414. The van der Waals surface area contributed by atoms with E-state index < -0.39 is 6.23 Å². The minimum atomic E-state index is -1.02. The number of hydrogen-bond donors (Lipinski definition) is 1. The lowest BCUT2D eigenvalue weighted by Gasteiger charge is -2.40. The summed E-state index contributed by atoms with van der Waals surface area (Å²) in [5, 5.41) is 13.9. The van der Waals surface area contributed by atoms with Gasteiger partial charge in [-0.2, -0.15) is 0 Å². The zero-order valence-electron chi connectivity index (χ0n) is 74.9. The third kappa shape index (κ3) is 15.7. The second kappa shape index (κ2) is 38.2. The molecular weight excluding hydrogens is 1620 g/mol. The number of carbonyl (C=O) groups excluding carboxylic acids is 1. The molecular formula is C106H148Br2N2O2S4. The molecule has 116 heavy (non-hydrogen) atoms. The second-order valence-electron chi connectivity index (χ2n) is 38.4. The molecule has 9 atom stereocenters. The molecule has 14 rings (SSSR count). The van der Waals surface area contributed by atoms with Crippen molar-refractivity contribution in [3.63, 3.8) is 0 Å². The zero-order valence-corrected chi connectivity index (χ0v) is 81.3. The Hall–Kier alpha value is -3.61. The maximum Gasteiger partial charge on any atom is 0.265 e. The van der Waals surface area contributed by atoms with Crippen LogP contribution in [0.5, 0.6) is 0 Å². The number of aliphatic hydroxyl groups is 1. The molecule has 0 bridgehead atoms. The molecule has 0 radical (unpaired) electrons. The van der Waals surface area contributed by atoms with Crippen LogP contribution < -0.4 is 0 Å². The predicted octanol–water partition coefficient (Wildman–Crippen LogP) is 34.9. The van der Waals surface area contributed by atoms with Crippen molar-refractivity contribution in [1.82, 2.24) is 9.80 Å². The van der Waals surface area contributed by atoms with Crippen LogP contribution in [0.15, 0.2) is 67.5 Å². The number of amides is 1. The van der Waals surface area contributed by atoms with Gasteiger partial charge in [0, 0.05) is 70.3 Å². The average Bonchev–Trinajstić information content (AvgIpc) is 1.50. The Balaban J connectivity index is 1.02. The summed E-state index contributed by atoms with van der Waals surface area (Å²) in [5.74, 6) is 4.79. The molecule has 8 aliphatic rings. The van der Waals surface area contributed by atoms with Crippen molar-refractivity contribution in [2.45, 2.75) is 396 Å². The van der Waals surface area contributed by atoms with Crippen LogP contribution in [0, 0.1) is 47.3 Å². The van der Waals surface area contributed by atoms with Crippen molar-refractivity contribution < 1.29 is 9.90 Å². The third-order valence-electron chi connectivity index (χ3n) is 31.5. The number of nitrogens with zero attached hydrogens (tertiary/aromatic N) is 2. The number of halogens is 2. The number of benzene rings is 2. The normalized spacial score (nSPS) is 22.8. The lowest BCUT2D eigenvalue weighted by Crippen LogP contribution is -2.34. The Morgan fingerprint density at radius 1 is 0.345 bits per heavy atom. The first-order valence-corrected chi connectivity index (χ1v) is 53.2. The monoisotopic (exact) mass is 1770 g/mol. The molecule has 4 nitrogen and oxygen atoms in total. The molecule has 0 saturated heterocycles. The summed E-state index contributed by atoms with van der Waals surface area (Å²) < 4.78 is 2.55. The van der Waals surface area contributed by atoms with Crippen LogP contribution in [0.4, 0.5) is 0 Å². The largest absolute Gasteiger partial charge is 0.369 e. The van der Waals surface area contributed by atoms with Crippen molar-refractivity contribution in [2.24, 2.45) is 47.3 Å². The van der Waals surface area contributed by atoms with Gasteiger partial charge < -0.3 is 10.0 Å². The summed E-state index contributed by atoms with van der Waals surface area (Å²) in [6.07, 6.45) is 57.1. The van der Waals surface area contributed by atoms with Gasteiger partial charge >= 0.3 is 0 Å². The van der Waals surface area contributed by atoms with Gasteiger partial charge in [-0.25, -0.2) is 0 Å². The fraction of sp³-hybridized carbons (Fsp3) is 0.651. The third-order valence-corrected chi connectivity index (χ3v) is 37.4. The van der Waals surface area contributed by atoms with Crippen molar-refractivity contribution >= 4 is 107 Å². The van der Waals surface area contributed by atoms with E-state index in [1.165, 1.54) is 276 Å². The Morgan fingerprint density at radius 3 is 0.922 bits per heavy atom. The number of fused-ring (bicyclic) bond motifs is 21. The molecule has 6 aromatic rings. The van der Waals surface area contributed by atoms with Crippen molar-refractivity contribution in [3.8, 4) is 41.8 Å². The van der Waals surface area contributed by atoms with Crippen molar-refractivity contribution in [3.05, 3.63) is 133 Å². The van der Waals surface area contributed by atoms with Crippen LogP contribution >= 0.6 is 77.2 Å². The van der Waals surface area contributed by atoms with Gasteiger partial charge in [-0.05, 0) is 246 Å². The van der Waals surface area contributed by atoms with Gasteiger partial charge in [-0.1, -0.05) is 316 Å². The number of thiophene rings is 4. The Labute approximate surface area is 737 Å². The smallest absolute Gasteiger partial charge is 0.265 e. The van der Waals surface area contributed by atoms with Gasteiger partial charge in [0.15, 0.2) is 6.23 Å². The molecule has 1 N–H and O–H groups in total. The molecule has 10 heteroatoms. The molecule has 2 aromatic carbocycles. The summed E-state index contributed by atoms with van der Waals surface area (Å²) in [6.45, 7) is 39.1. The van der Waals surface area contributed by atoms with Crippen LogP contribution in [0.1, 0.15) is 433 Å². The highest BCUT2D eigenvalue weighted by atomic mass is 79.9. The summed E-state index contributed by atoms with van der Waals surface area (Å²) in [4.78, 5) is 29.3. The van der Waals surface area contributed by atoms with E-state index in [1.807, 2.05) is 50.2 Å². The van der Waals surface area contributed by atoms with E-state index in [-0.39, 0.29) is 27.6 Å². The topological polar surface area (TPSA) is 43.8 Å². The summed E-state index contributed by atoms with van der Waals surface area (Å²) in [6, 6.07) is 16.7. The zero-order chi connectivity index (χ0) is 82.1. The molecule has 9 unspecified atom stereocenters. The molecule has 4 aromatic heterocycles. The minimum absolute atomic E-state index is 0.0200. The second-order valence-corrected chi connectivity index (χ2v) is 45.3. The maximum absolute atomic E-state index is 16.7. The SMILES string of the molecule is CCCCC(CC)CC1(CC(CC)CCCC)c2cc3c(cc2-c2sc(Br)cc21)C(CC(CC)CCCC)(CC(CC)CCCC)c1c-3sc2c1C=CN1C(=O)C3=C4c5sc6c(c5C=CN4C(O)C3=C21)C(CC(CC)CCCC)(CC(CC)CCCC)c1cc2c(cc1-6)C(CC(CC)CCCC)(CC(CC)CCCC)c1cc(Br)sc1-2. The van der Waals surface area contributed by atoms with Gasteiger partial charge in [0.05, 0.1) is 34.3 Å². The number of aliphatic hydroxyl groups excluding tert-OH is 1. The molecule has 0 fully saturated rings. The molecule has 632 valence electrons. The Kier molecular flexibility index (Phi) is 29.2. The Bertz CT molecular complexity index is 4500. The van der Waals surface area contributed by atoms with Crippen LogP contribution in [-0.2, 0) is 26.5 Å². The van der Waals surface area contributed by atoms with E-state index in [2.05, 4.69) is 208 Å². The first kappa shape index (κ1) is 88.7. The summed E-state index contributed by atoms with van der Waals surface area (Å²) in [5.41, 5.74) is 24.1. The van der Waals surface area contributed by atoms with E-state index in [4.69, 9.17) is 0 Å². The van der Waals surface area contributed by atoms with Crippen LogP contribution in [-0.4, -0.2) is 27.0 Å². The predicted molar refractivity (Wildman–Crippen MR) is 515 cm³/mol. The van der Waals surface area contributed by atoms with Gasteiger partial charge in [0.1, 0.15) is 0 Å². The summed E-state index contributed by atoms with van der Waals surface area (Å²) >= 11 is 16.5. The highest BCUT2D eigenvalue weighted by Crippen LogP contribution is 2.71.